The second-order valence-corrected chi connectivity index (χ2v) is 13.2. The number of hydrogen-bond acceptors (Lipinski definition) is 9. The molecule has 284 valence electrons. The molecular weight excluding hydrogens is 707 g/mol. The summed E-state index contributed by atoms with van der Waals surface area (Å²) in [4.78, 5) is 47.8. The average molecular weight is 750 g/mol. The molecule has 4 N–H and O–H groups in total. The zero-order valence-electron chi connectivity index (χ0n) is 31.2. The Kier molecular flexibility index (Phi) is 11.7. The van der Waals surface area contributed by atoms with Crippen molar-refractivity contribution in [2.24, 2.45) is 5.16 Å². The number of nitrogens with one attached hydrogen (secondary N) is 3. The van der Waals surface area contributed by atoms with E-state index in [1.807, 2.05) is 78.9 Å². The van der Waals surface area contributed by atoms with Gasteiger partial charge in [0.1, 0.15) is 11.6 Å². The van der Waals surface area contributed by atoms with Crippen molar-refractivity contribution in [3.05, 3.63) is 132 Å². The maximum Gasteiger partial charge on any atom is 0.358 e. The van der Waals surface area contributed by atoms with Crippen molar-refractivity contribution in [3.63, 3.8) is 0 Å². The number of aromatic amines is 2. The molecule has 1 atom stereocenters. The molecule has 7 rings (SSSR count). The summed E-state index contributed by atoms with van der Waals surface area (Å²) in [5, 5.41) is 18.3. The topological polar surface area (TPSA) is 158 Å². The number of oxime groups is 1. The summed E-state index contributed by atoms with van der Waals surface area (Å²) in [6.45, 7) is 6.39. The van der Waals surface area contributed by atoms with Crippen molar-refractivity contribution < 1.29 is 24.3 Å². The molecule has 0 saturated carbocycles. The van der Waals surface area contributed by atoms with Gasteiger partial charge in [-0.05, 0) is 61.6 Å². The minimum atomic E-state index is -0.881. The standard InChI is InChI=1S/C44H43N7O5/c1-3-51(4-2)34-21-22-35(37(52)27-34)42-48-40(32-15-12-30(13-16-32)14-23-39(53)45-24-8-11-29-9-6-5-7-10-29)41(49-42)33-19-17-31(18-20-33)36-28-38(56-50-36)43(54)55-44-46-25-26-47-44/h5-7,9-10,12-23,25-27,38,52H,3-4,8,11,24,28H2,1-2H3,(H,45,53)(H,46,47)(H,48,49). The summed E-state index contributed by atoms with van der Waals surface area (Å²) in [5.41, 5.74) is 8.17. The predicted molar refractivity (Wildman–Crippen MR) is 217 cm³/mol. The van der Waals surface area contributed by atoms with Gasteiger partial charge < -0.3 is 34.9 Å². The van der Waals surface area contributed by atoms with Crippen LogP contribution in [-0.2, 0) is 20.8 Å². The molecule has 1 aliphatic rings. The lowest BCUT2D eigenvalue weighted by Gasteiger charge is -2.21. The molecule has 3 heterocycles. The molecule has 1 aliphatic heterocycles. The highest BCUT2D eigenvalue weighted by molar-refractivity contribution is 6.04. The van der Waals surface area contributed by atoms with Crippen molar-refractivity contribution in [1.82, 2.24) is 25.3 Å². The Morgan fingerprint density at radius 3 is 2.43 bits per heavy atom. The van der Waals surface area contributed by atoms with Crippen LogP contribution in [0, 0.1) is 0 Å². The fourth-order valence-electron chi connectivity index (χ4n) is 6.53. The molecule has 56 heavy (non-hydrogen) atoms. The quantitative estimate of drug-likeness (QED) is 0.0476. The average Bonchev–Trinajstić information content (AvgIpc) is 4.03. The number of carbonyl (C=O) groups is 2. The van der Waals surface area contributed by atoms with Gasteiger partial charge in [0, 0.05) is 67.4 Å². The highest BCUT2D eigenvalue weighted by atomic mass is 16.7. The van der Waals surface area contributed by atoms with Crippen LogP contribution in [0.25, 0.3) is 40.0 Å². The first kappa shape index (κ1) is 37.4. The molecule has 12 nitrogen and oxygen atoms in total. The van der Waals surface area contributed by atoms with Gasteiger partial charge in [0.2, 0.25) is 12.0 Å². The van der Waals surface area contributed by atoms with Crippen molar-refractivity contribution in [1.29, 1.82) is 0 Å². The summed E-state index contributed by atoms with van der Waals surface area (Å²) < 4.78 is 5.24. The number of phenolic OH excluding ortho intramolecular Hbond substituents is 1. The van der Waals surface area contributed by atoms with Gasteiger partial charge in [0.25, 0.3) is 0 Å². The van der Waals surface area contributed by atoms with Crippen LogP contribution in [0.4, 0.5) is 5.69 Å². The normalized spacial score (nSPS) is 13.7. The number of esters is 1. The number of aryl methyl sites for hydroxylation is 1. The van der Waals surface area contributed by atoms with E-state index in [0.717, 1.165) is 59.6 Å². The molecule has 4 aromatic carbocycles. The number of imidazole rings is 2. The van der Waals surface area contributed by atoms with Gasteiger partial charge in [-0.15, -0.1) is 0 Å². The third-order valence-electron chi connectivity index (χ3n) is 9.57. The monoisotopic (exact) mass is 749 g/mol. The molecule has 0 bridgehead atoms. The maximum absolute atomic E-state index is 12.6. The number of hydrogen-bond donors (Lipinski definition) is 4. The Labute approximate surface area is 324 Å². The molecule has 1 unspecified atom stereocenters. The van der Waals surface area contributed by atoms with Gasteiger partial charge in [-0.3, -0.25) is 4.79 Å². The zero-order chi connectivity index (χ0) is 38.9. The lowest BCUT2D eigenvalue weighted by molar-refractivity contribution is -0.146. The van der Waals surface area contributed by atoms with Crippen LogP contribution in [0.2, 0.25) is 0 Å². The number of aromatic nitrogens is 4. The van der Waals surface area contributed by atoms with E-state index in [-0.39, 0.29) is 24.1 Å². The molecule has 2 aromatic heterocycles. The molecule has 6 aromatic rings. The third-order valence-corrected chi connectivity index (χ3v) is 9.57. The van der Waals surface area contributed by atoms with Crippen LogP contribution in [0.15, 0.2) is 121 Å². The van der Waals surface area contributed by atoms with E-state index in [9.17, 15) is 14.7 Å². The van der Waals surface area contributed by atoms with Crippen molar-refractivity contribution in [2.45, 2.75) is 39.2 Å². The van der Waals surface area contributed by atoms with Crippen LogP contribution in [0.1, 0.15) is 43.4 Å². The van der Waals surface area contributed by atoms with Crippen LogP contribution in [0.5, 0.6) is 11.8 Å². The molecule has 0 radical (unpaired) electrons. The summed E-state index contributed by atoms with van der Waals surface area (Å²) in [6.07, 6.45) is 7.53. The number of H-pyrrole nitrogens is 2. The number of phenols is 1. The molecule has 0 spiro atoms. The van der Waals surface area contributed by atoms with Crippen molar-refractivity contribution >= 4 is 29.4 Å². The second kappa shape index (κ2) is 17.5. The highest BCUT2D eigenvalue weighted by Gasteiger charge is 2.31. The van der Waals surface area contributed by atoms with Gasteiger partial charge in [0.05, 0.1) is 22.7 Å². The Morgan fingerprint density at radius 1 is 0.964 bits per heavy atom. The molecule has 0 aliphatic carbocycles. The fourth-order valence-corrected chi connectivity index (χ4v) is 6.53. The number of nitrogens with zero attached hydrogens (tertiary/aromatic N) is 4. The first-order valence-electron chi connectivity index (χ1n) is 18.7. The van der Waals surface area contributed by atoms with Crippen molar-refractivity contribution in [3.8, 4) is 45.7 Å². The van der Waals surface area contributed by atoms with E-state index < -0.39 is 12.1 Å². The van der Waals surface area contributed by atoms with Crippen LogP contribution in [0.3, 0.4) is 0 Å². The summed E-state index contributed by atoms with van der Waals surface area (Å²) >= 11 is 0. The predicted octanol–water partition coefficient (Wildman–Crippen LogP) is 7.55. The van der Waals surface area contributed by atoms with Gasteiger partial charge in [-0.25, -0.2) is 14.8 Å². The minimum absolute atomic E-state index is 0.0953. The van der Waals surface area contributed by atoms with Gasteiger partial charge in [-0.1, -0.05) is 84.0 Å². The second-order valence-electron chi connectivity index (χ2n) is 13.2. The minimum Gasteiger partial charge on any atom is -0.507 e. The third kappa shape index (κ3) is 8.87. The Morgan fingerprint density at radius 2 is 1.71 bits per heavy atom. The molecule has 1 amide bonds. The van der Waals surface area contributed by atoms with Gasteiger partial charge in [-0.2, -0.15) is 0 Å². The molecular formula is C44H43N7O5. The van der Waals surface area contributed by atoms with Gasteiger partial charge >= 0.3 is 12.0 Å². The summed E-state index contributed by atoms with van der Waals surface area (Å²) in [6, 6.07) is 31.5. The zero-order valence-corrected chi connectivity index (χ0v) is 31.2. The van der Waals surface area contributed by atoms with E-state index in [4.69, 9.17) is 14.6 Å². The first-order chi connectivity index (χ1) is 27.4. The van der Waals surface area contributed by atoms with E-state index in [2.05, 4.69) is 56.3 Å². The largest absolute Gasteiger partial charge is 0.507 e. The van der Waals surface area contributed by atoms with E-state index >= 15 is 0 Å². The number of anilines is 1. The number of ether oxygens (including phenoxy) is 1. The highest BCUT2D eigenvalue weighted by Crippen LogP contribution is 2.37. The lowest BCUT2D eigenvalue weighted by atomic mass is 10.00. The van der Waals surface area contributed by atoms with Crippen LogP contribution >= 0.6 is 0 Å². The van der Waals surface area contributed by atoms with Crippen LogP contribution < -0.4 is 15.0 Å². The number of benzene rings is 4. The van der Waals surface area contributed by atoms with E-state index in [1.165, 1.54) is 11.8 Å². The lowest BCUT2D eigenvalue weighted by Crippen LogP contribution is -2.26. The first-order valence-corrected chi connectivity index (χ1v) is 18.7. The SMILES string of the molecule is CCN(CC)c1ccc(-c2nc(-c3ccc(C4=NOC(C(=O)Oc5ncc[nH]5)C4)cc3)c(-c3ccc(C=CC(=O)NCCCc4ccccc4)cc3)[nH]2)c(O)c1. The summed E-state index contributed by atoms with van der Waals surface area (Å²) in [5.74, 6) is -0.0917. The fraction of sp³-hybridized carbons (Fsp3) is 0.205. The number of amides is 1. The Bertz CT molecular complexity index is 2310. The maximum atomic E-state index is 12.6. The van der Waals surface area contributed by atoms with Gasteiger partial charge in [0.15, 0.2) is 0 Å². The molecule has 12 heteroatoms. The summed E-state index contributed by atoms with van der Waals surface area (Å²) in [7, 11) is 0. The number of aromatic hydroxyl groups is 1. The molecule has 0 fully saturated rings. The Hall–Kier alpha value is -6.95. The molecule has 0 saturated heterocycles. The number of rotatable bonds is 15. The number of carbonyl (C=O) groups excluding carboxylic acids is 2. The van der Waals surface area contributed by atoms with Crippen molar-refractivity contribution in [2.75, 3.05) is 24.5 Å². The van der Waals surface area contributed by atoms with E-state index in [1.54, 1.807) is 24.4 Å². The Balaban J connectivity index is 1.09. The van der Waals surface area contributed by atoms with E-state index in [0.29, 0.717) is 29.3 Å². The van der Waals surface area contributed by atoms with Crippen LogP contribution in [-0.4, -0.2) is 68.4 Å². The smallest absolute Gasteiger partial charge is 0.358 e.